The maximum Gasteiger partial charge on any atom is 0.433 e. The minimum atomic E-state index is -0.700. The fourth-order valence-electron chi connectivity index (χ4n) is 2.10. The number of aromatic amines is 1. The summed E-state index contributed by atoms with van der Waals surface area (Å²) in [4.78, 5) is 29.6. The summed E-state index contributed by atoms with van der Waals surface area (Å²) in [6.45, 7) is 2.32. The number of carbonyl (C=O) groups is 1. The molecule has 22 heavy (non-hydrogen) atoms. The summed E-state index contributed by atoms with van der Waals surface area (Å²) >= 11 is 0. The van der Waals surface area contributed by atoms with Gasteiger partial charge in [-0.25, -0.2) is 4.79 Å². The lowest BCUT2D eigenvalue weighted by molar-refractivity contribution is 0.112. The van der Waals surface area contributed by atoms with Crippen molar-refractivity contribution in [2.75, 3.05) is 0 Å². The van der Waals surface area contributed by atoms with Crippen LogP contribution < -0.4 is 15.7 Å². The van der Waals surface area contributed by atoms with Crippen LogP contribution in [0.5, 0.6) is 0 Å². The molecule has 112 valence electrons. The minimum absolute atomic E-state index is 0.327. The molecule has 0 bridgehead atoms. The van der Waals surface area contributed by atoms with Crippen molar-refractivity contribution >= 4 is 17.0 Å². The number of fused-ring (bicyclic) bond motifs is 1. The van der Waals surface area contributed by atoms with Crippen molar-refractivity contribution < 1.29 is 9.63 Å². The van der Waals surface area contributed by atoms with Crippen LogP contribution in [0.4, 0.5) is 4.79 Å². The van der Waals surface area contributed by atoms with Gasteiger partial charge in [0.25, 0.3) is 0 Å². The summed E-state index contributed by atoms with van der Waals surface area (Å²) in [5.74, 6) is 0. The first kappa shape index (κ1) is 13.9. The molecule has 2 N–H and O–H groups in total. The minimum Gasteiger partial charge on any atom is -0.316 e. The third kappa shape index (κ3) is 2.85. The highest BCUT2D eigenvalue weighted by Gasteiger charge is 2.10. The molecule has 3 aromatic rings. The molecular weight excluding hydrogens is 282 g/mol. The molecule has 0 fully saturated rings. The monoisotopic (exact) mass is 297 g/mol. The molecule has 0 aliphatic rings. The van der Waals surface area contributed by atoms with E-state index in [0.717, 1.165) is 16.0 Å². The highest BCUT2D eigenvalue weighted by Crippen LogP contribution is 2.05. The SMILES string of the molecule is Cc1ccc(CNC(=O)On2[nH]c3ccccc3c2=O)cc1. The van der Waals surface area contributed by atoms with Crippen LogP contribution in [0, 0.1) is 6.92 Å². The number of rotatable bonds is 3. The quantitative estimate of drug-likeness (QED) is 0.776. The number of aromatic nitrogens is 2. The predicted molar refractivity (Wildman–Crippen MR) is 82.6 cm³/mol. The van der Waals surface area contributed by atoms with Crippen molar-refractivity contribution in [1.82, 2.24) is 15.3 Å². The zero-order valence-electron chi connectivity index (χ0n) is 12.0. The van der Waals surface area contributed by atoms with E-state index in [1.54, 1.807) is 24.3 Å². The molecule has 0 atom stereocenters. The number of aryl methyl sites for hydroxylation is 1. The number of carbonyl (C=O) groups excluding carboxylic acids is 1. The zero-order valence-corrected chi connectivity index (χ0v) is 12.0. The predicted octanol–water partition coefficient (Wildman–Crippen LogP) is 1.98. The van der Waals surface area contributed by atoms with Crippen LogP contribution in [0.3, 0.4) is 0 Å². The van der Waals surface area contributed by atoms with E-state index in [9.17, 15) is 9.59 Å². The van der Waals surface area contributed by atoms with Gasteiger partial charge in [0, 0.05) is 6.54 Å². The number of hydrogen-bond acceptors (Lipinski definition) is 3. The molecular formula is C16H15N3O3. The maximum atomic E-state index is 12.0. The molecule has 0 unspecified atom stereocenters. The molecule has 0 radical (unpaired) electrons. The van der Waals surface area contributed by atoms with E-state index < -0.39 is 11.7 Å². The lowest BCUT2D eigenvalue weighted by Gasteiger charge is -2.06. The van der Waals surface area contributed by atoms with Crippen LogP contribution in [0.25, 0.3) is 10.9 Å². The molecule has 0 saturated carbocycles. The largest absolute Gasteiger partial charge is 0.433 e. The fourth-order valence-corrected chi connectivity index (χ4v) is 2.10. The van der Waals surface area contributed by atoms with Gasteiger partial charge in [-0.1, -0.05) is 46.8 Å². The van der Waals surface area contributed by atoms with Gasteiger partial charge in [-0.2, -0.15) is 0 Å². The van der Waals surface area contributed by atoms with Crippen molar-refractivity contribution in [3.8, 4) is 0 Å². The lowest BCUT2D eigenvalue weighted by Crippen LogP contribution is -2.36. The molecule has 0 saturated heterocycles. The van der Waals surface area contributed by atoms with Gasteiger partial charge < -0.3 is 5.32 Å². The molecule has 1 amide bonds. The van der Waals surface area contributed by atoms with Crippen LogP contribution in [0.1, 0.15) is 11.1 Å². The lowest BCUT2D eigenvalue weighted by atomic mass is 10.1. The molecule has 6 heteroatoms. The smallest absolute Gasteiger partial charge is 0.316 e. The van der Waals surface area contributed by atoms with E-state index in [1.807, 2.05) is 31.2 Å². The van der Waals surface area contributed by atoms with Crippen molar-refractivity contribution in [1.29, 1.82) is 0 Å². The van der Waals surface area contributed by atoms with Crippen molar-refractivity contribution in [2.24, 2.45) is 0 Å². The van der Waals surface area contributed by atoms with Crippen molar-refractivity contribution in [2.45, 2.75) is 13.5 Å². The molecule has 1 heterocycles. The van der Waals surface area contributed by atoms with Crippen LogP contribution in [0.2, 0.25) is 0 Å². The second-order valence-electron chi connectivity index (χ2n) is 4.97. The second-order valence-corrected chi connectivity index (χ2v) is 4.97. The van der Waals surface area contributed by atoms with Crippen LogP contribution in [-0.2, 0) is 6.54 Å². The Bertz CT molecular complexity index is 862. The third-order valence-electron chi connectivity index (χ3n) is 3.30. The Kier molecular flexibility index (Phi) is 3.65. The van der Waals surface area contributed by atoms with E-state index in [0.29, 0.717) is 17.4 Å². The molecule has 0 aliphatic carbocycles. The Labute approximate surface area is 126 Å². The van der Waals surface area contributed by atoms with E-state index in [-0.39, 0.29) is 0 Å². The number of nitrogens with one attached hydrogen (secondary N) is 2. The molecule has 0 aliphatic heterocycles. The van der Waals surface area contributed by atoms with Crippen LogP contribution in [0.15, 0.2) is 53.3 Å². The highest BCUT2D eigenvalue weighted by atomic mass is 16.7. The molecule has 0 spiro atoms. The van der Waals surface area contributed by atoms with Gasteiger partial charge in [0.1, 0.15) is 0 Å². The molecule has 1 aromatic heterocycles. The summed E-state index contributed by atoms with van der Waals surface area (Å²) in [5.41, 5.74) is 2.31. The Morgan fingerprint density at radius 1 is 1.18 bits per heavy atom. The Balaban J connectivity index is 1.67. The van der Waals surface area contributed by atoms with Gasteiger partial charge in [-0.3, -0.25) is 14.7 Å². The average molecular weight is 297 g/mol. The van der Waals surface area contributed by atoms with E-state index >= 15 is 0 Å². The maximum absolute atomic E-state index is 12.0. The van der Waals surface area contributed by atoms with E-state index in [1.165, 1.54) is 0 Å². The van der Waals surface area contributed by atoms with Crippen molar-refractivity contribution in [3.05, 3.63) is 70.0 Å². The van der Waals surface area contributed by atoms with Gasteiger partial charge in [-0.15, -0.1) is 0 Å². The van der Waals surface area contributed by atoms with Gasteiger partial charge >= 0.3 is 11.7 Å². The molecule has 3 rings (SSSR count). The third-order valence-corrected chi connectivity index (χ3v) is 3.30. The van der Waals surface area contributed by atoms with Crippen LogP contribution >= 0.6 is 0 Å². The number of para-hydroxylation sites is 1. The summed E-state index contributed by atoms with van der Waals surface area (Å²) < 4.78 is 0. The Morgan fingerprint density at radius 3 is 2.64 bits per heavy atom. The topological polar surface area (TPSA) is 76.1 Å². The fraction of sp³-hybridized carbons (Fsp3) is 0.125. The first-order valence-corrected chi connectivity index (χ1v) is 6.85. The number of hydrogen-bond donors (Lipinski definition) is 2. The van der Waals surface area contributed by atoms with Crippen LogP contribution in [-0.4, -0.2) is 16.0 Å². The molecule has 6 nitrogen and oxygen atoms in total. The second kappa shape index (κ2) is 5.77. The normalized spacial score (nSPS) is 10.6. The van der Waals surface area contributed by atoms with Gasteiger partial charge in [0.15, 0.2) is 0 Å². The van der Waals surface area contributed by atoms with E-state index in [2.05, 4.69) is 10.4 Å². The molecule has 2 aromatic carbocycles. The summed E-state index contributed by atoms with van der Waals surface area (Å²) in [5, 5.41) is 5.79. The highest BCUT2D eigenvalue weighted by molar-refractivity contribution is 5.77. The first-order chi connectivity index (χ1) is 10.6. The summed E-state index contributed by atoms with van der Waals surface area (Å²) in [7, 11) is 0. The Morgan fingerprint density at radius 2 is 1.91 bits per heavy atom. The average Bonchev–Trinajstić information content (AvgIpc) is 2.83. The van der Waals surface area contributed by atoms with Crippen molar-refractivity contribution in [3.63, 3.8) is 0 Å². The van der Waals surface area contributed by atoms with E-state index in [4.69, 9.17) is 4.84 Å². The number of amides is 1. The number of benzene rings is 2. The van der Waals surface area contributed by atoms with Gasteiger partial charge in [0.2, 0.25) is 0 Å². The summed E-state index contributed by atoms with van der Waals surface area (Å²) in [6.07, 6.45) is -0.700. The number of nitrogens with zero attached hydrogens (tertiary/aromatic N) is 1. The standard InChI is InChI=1S/C16H15N3O3/c1-11-6-8-12(9-7-11)10-17-16(21)22-19-15(20)13-4-2-3-5-14(13)18-19/h2-9,18H,10H2,1H3,(H,17,21). The summed E-state index contributed by atoms with van der Waals surface area (Å²) in [6, 6.07) is 14.7. The first-order valence-electron chi connectivity index (χ1n) is 6.85. The number of H-pyrrole nitrogens is 1. The zero-order chi connectivity index (χ0) is 15.5. The Hall–Kier alpha value is -3.02. The van der Waals surface area contributed by atoms with Gasteiger partial charge in [0.05, 0.1) is 10.9 Å². The van der Waals surface area contributed by atoms with Gasteiger partial charge in [-0.05, 0) is 24.6 Å².